The van der Waals surface area contributed by atoms with E-state index >= 15 is 0 Å². The van der Waals surface area contributed by atoms with Gasteiger partial charge < -0.3 is 0 Å². The fraction of sp³-hybridized carbons (Fsp3) is 0. The zero-order valence-corrected chi connectivity index (χ0v) is 9.87. The summed E-state index contributed by atoms with van der Waals surface area (Å²) in [4.78, 5) is 1.06. The van der Waals surface area contributed by atoms with Crippen LogP contribution in [-0.2, 0) is 0 Å². The summed E-state index contributed by atoms with van der Waals surface area (Å²) in [5.41, 5.74) is 0. The first-order valence-corrected chi connectivity index (χ1v) is 6.18. The summed E-state index contributed by atoms with van der Waals surface area (Å²) in [5.74, 6) is 0. The molecule has 0 atom stereocenters. The number of thioether (sulfide) groups is 1. The van der Waals surface area contributed by atoms with Gasteiger partial charge in [0.2, 0.25) is 0 Å². The summed E-state index contributed by atoms with van der Waals surface area (Å²) in [7, 11) is 0. The Kier molecular flexibility index (Phi) is 2.47. The van der Waals surface area contributed by atoms with E-state index in [4.69, 9.17) is 5.26 Å². The minimum atomic E-state index is 1.06. The van der Waals surface area contributed by atoms with Crippen molar-refractivity contribution in [1.82, 2.24) is 0 Å². The Balaban J connectivity index is 2.52. The third kappa shape index (κ3) is 1.65. The van der Waals surface area contributed by atoms with Gasteiger partial charge in [-0.15, -0.1) is 0 Å². The van der Waals surface area contributed by atoms with Crippen LogP contribution in [0.5, 0.6) is 0 Å². The van der Waals surface area contributed by atoms with Crippen molar-refractivity contribution in [1.29, 1.82) is 5.26 Å². The van der Waals surface area contributed by atoms with E-state index in [2.05, 4.69) is 35.7 Å². The molecule has 0 N–H and O–H groups in total. The lowest BCUT2D eigenvalue weighted by Gasteiger charge is -2.07. The number of nitrogens with zero attached hydrogens (tertiary/aromatic N) is 1. The van der Waals surface area contributed by atoms with Crippen molar-refractivity contribution in [3.05, 3.63) is 54.6 Å². The molecule has 0 aliphatic rings. The molecule has 80 valence electrons. The molecule has 0 spiro atoms. The molecule has 17 heavy (non-hydrogen) atoms. The molecule has 0 saturated carbocycles. The molecule has 0 aliphatic heterocycles. The van der Waals surface area contributed by atoms with Gasteiger partial charge >= 0.3 is 0 Å². The molecular weight excluding hydrogens is 226 g/mol. The standard InChI is InChI=1S/C15H9NS/c16-10-17-15-13-7-3-1-5-11(13)9-12-6-2-4-8-14(12)15/h1-9H. The summed E-state index contributed by atoms with van der Waals surface area (Å²) >= 11 is 1.24. The molecule has 0 bridgehead atoms. The Labute approximate surface area is 104 Å². The number of benzene rings is 3. The molecule has 3 aromatic rings. The van der Waals surface area contributed by atoms with Crippen molar-refractivity contribution in [2.75, 3.05) is 0 Å². The molecule has 0 radical (unpaired) electrons. The Morgan fingerprint density at radius 2 is 1.35 bits per heavy atom. The van der Waals surface area contributed by atoms with Crippen LogP contribution in [-0.4, -0.2) is 0 Å². The maximum absolute atomic E-state index is 8.95. The second-order valence-corrected chi connectivity index (χ2v) is 4.64. The van der Waals surface area contributed by atoms with E-state index in [0.717, 1.165) is 15.7 Å². The molecular formula is C15H9NS. The highest BCUT2D eigenvalue weighted by Gasteiger charge is 2.07. The molecule has 0 aromatic heterocycles. The van der Waals surface area contributed by atoms with E-state index in [-0.39, 0.29) is 0 Å². The number of nitriles is 1. The first kappa shape index (κ1) is 10.2. The van der Waals surface area contributed by atoms with Crippen LogP contribution in [0.15, 0.2) is 59.5 Å². The monoisotopic (exact) mass is 235 g/mol. The van der Waals surface area contributed by atoms with Crippen molar-refractivity contribution >= 4 is 33.3 Å². The van der Waals surface area contributed by atoms with Gasteiger partial charge in [0.1, 0.15) is 5.40 Å². The van der Waals surface area contributed by atoms with Gasteiger partial charge in [0.15, 0.2) is 0 Å². The smallest absolute Gasteiger partial charge is 0.138 e. The quantitative estimate of drug-likeness (QED) is 0.350. The number of hydrogen-bond donors (Lipinski definition) is 0. The van der Waals surface area contributed by atoms with Gasteiger partial charge in [-0.05, 0) is 39.4 Å². The molecule has 0 saturated heterocycles. The lowest BCUT2D eigenvalue weighted by atomic mass is 10.0. The van der Waals surface area contributed by atoms with Gasteiger partial charge in [0, 0.05) is 4.90 Å². The summed E-state index contributed by atoms with van der Waals surface area (Å²) in [6.45, 7) is 0. The van der Waals surface area contributed by atoms with Gasteiger partial charge in [-0.3, -0.25) is 0 Å². The predicted octanol–water partition coefficient (Wildman–Crippen LogP) is 4.57. The van der Waals surface area contributed by atoms with Crippen molar-refractivity contribution in [3.63, 3.8) is 0 Å². The lowest BCUT2D eigenvalue weighted by molar-refractivity contribution is 1.56. The average Bonchev–Trinajstić information content (AvgIpc) is 2.39. The number of thiocyanates is 1. The Bertz CT molecular complexity index is 687. The van der Waals surface area contributed by atoms with Crippen LogP contribution in [0.2, 0.25) is 0 Å². The van der Waals surface area contributed by atoms with Crippen LogP contribution in [0.4, 0.5) is 0 Å². The van der Waals surface area contributed by atoms with Crippen LogP contribution < -0.4 is 0 Å². The number of fused-ring (bicyclic) bond motifs is 2. The lowest BCUT2D eigenvalue weighted by Crippen LogP contribution is -1.81. The highest BCUT2D eigenvalue weighted by Crippen LogP contribution is 2.34. The summed E-state index contributed by atoms with van der Waals surface area (Å²) in [5, 5.41) is 15.8. The van der Waals surface area contributed by atoms with Gasteiger partial charge in [-0.1, -0.05) is 48.5 Å². The summed E-state index contributed by atoms with van der Waals surface area (Å²) < 4.78 is 0. The van der Waals surface area contributed by atoms with Gasteiger partial charge in [0.05, 0.1) is 0 Å². The van der Waals surface area contributed by atoms with Gasteiger partial charge in [-0.2, -0.15) is 5.26 Å². The van der Waals surface area contributed by atoms with E-state index in [1.807, 2.05) is 24.3 Å². The highest BCUT2D eigenvalue weighted by molar-refractivity contribution is 8.04. The SMILES string of the molecule is N#CSc1c2ccccc2cc2ccccc12. The first-order valence-electron chi connectivity index (χ1n) is 5.36. The normalized spacial score (nSPS) is 10.5. The Morgan fingerprint density at radius 1 is 0.824 bits per heavy atom. The maximum atomic E-state index is 8.95. The molecule has 0 fully saturated rings. The number of hydrogen-bond acceptors (Lipinski definition) is 2. The van der Waals surface area contributed by atoms with Crippen molar-refractivity contribution in [2.45, 2.75) is 4.90 Å². The fourth-order valence-electron chi connectivity index (χ4n) is 2.13. The van der Waals surface area contributed by atoms with Crippen LogP contribution in [0.1, 0.15) is 0 Å². The van der Waals surface area contributed by atoms with Crippen molar-refractivity contribution in [2.24, 2.45) is 0 Å². The highest BCUT2D eigenvalue weighted by atomic mass is 32.2. The van der Waals surface area contributed by atoms with Gasteiger partial charge in [-0.25, -0.2) is 0 Å². The van der Waals surface area contributed by atoms with Gasteiger partial charge in [0.25, 0.3) is 0 Å². The minimum Gasteiger partial charge on any atom is -0.185 e. The Morgan fingerprint density at radius 3 is 1.88 bits per heavy atom. The average molecular weight is 235 g/mol. The largest absolute Gasteiger partial charge is 0.185 e. The minimum absolute atomic E-state index is 1.06. The third-order valence-corrected chi connectivity index (χ3v) is 3.60. The topological polar surface area (TPSA) is 23.8 Å². The molecule has 1 nitrogen and oxygen atoms in total. The van der Waals surface area contributed by atoms with Crippen molar-refractivity contribution < 1.29 is 0 Å². The predicted molar refractivity (Wildman–Crippen MR) is 72.9 cm³/mol. The molecule has 3 aromatic carbocycles. The second-order valence-electron chi connectivity index (χ2n) is 3.84. The third-order valence-electron chi connectivity index (χ3n) is 2.87. The van der Waals surface area contributed by atoms with Crippen LogP contribution >= 0.6 is 11.8 Å². The van der Waals surface area contributed by atoms with Crippen LogP contribution in [0, 0.1) is 10.7 Å². The van der Waals surface area contributed by atoms with Crippen LogP contribution in [0.3, 0.4) is 0 Å². The van der Waals surface area contributed by atoms with E-state index in [1.54, 1.807) is 0 Å². The molecule has 0 amide bonds. The molecule has 0 aliphatic carbocycles. The first-order chi connectivity index (χ1) is 8.40. The van der Waals surface area contributed by atoms with Crippen molar-refractivity contribution in [3.8, 4) is 5.40 Å². The zero-order valence-electron chi connectivity index (χ0n) is 9.05. The van der Waals surface area contributed by atoms with E-state index in [9.17, 15) is 0 Å². The summed E-state index contributed by atoms with van der Waals surface area (Å²) in [6, 6.07) is 18.6. The maximum Gasteiger partial charge on any atom is 0.138 e. The molecule has 0 heterocycles. The van der Waals surface area contributed by atoms with E-state index in [0.29, 0.717) is 0 Å². The molecule has 2 heteroatoms. The second kappa shape index (κ2) is 4.12. The van der Waals surface area contributed by atoms with E-state index in [1.165, 1.54) is 22.5 Å². The molecule has 0 unspecified atom stereocenters. The zero-order chi connectivity index (χ0) is 11.7. The summed E-state index contributed by atoms with van der Waals surface area (Å²) in [6.07, 6.45) is 0. The van der Waals surface area contributed by atoms with E-state index < -0.39 is 0 Å². The fourth-order valence-corrected chi connectivity index (χ4v) is 2.81. The number of rotatable bonds is 1. The van der Waals surface area contributed by atoms with Crippen LogP contribution in [0.25, 0.3) is 21.5 Å². The Hall–Kier alpha value is -1.98. The molecule has 3 rings (SSSR count).